The van der Waals surface area contributed by atoms with Crippen LogP contribution in [0.4, 0.5) is 5.69 Å². The maximum Gasteiger partial charge on any atom is 0.308 e. The summed E-state index contributed by atoms with van der Waals surface area (Å²) in [5.41, 5.74) is 3.62. The fraction of sp³-hybridized carbons (Fsp3) is 0.562. The summed E-state index contributed by atoms with van der Waals surface area (Å²) in [6.07, 6.45) is 0. The molecule has 0 fully saturated rings. The summed E-state index contributed by atoms with van der Waals surface area (Å²) in [6, 6.07) is 6.33. The zero-order valence-corrected chi connectivity index (χ0v) is 12.6. The minimum absolute atomic E-state index is 0.361. The van der Waals surface area contributed by atoms with E-state index in [1.807, 2.05) is 0 Å². The summed E-state index contributed by atoms with van der Waals surface area (Å²) in [7, 11) is 0. The van der Waals surface area contributed by atoms with Crippen molar-refractivity contribution >= 4 is 11.7 Å². The van der Waals surface area contributed by atoms with Crippen LogP contribution < -0.4 is 4.90 Å². The molecule has 0 bridgehead atoms. The number of anilines is 1. The summed E-state index contributed by atoms with van der Waals surface area (Å²) >= 11 is 0. The number of carbonyl (C=O) groups is 1. The Bertz CT molecular complexity index is 440. The van der Waals surface area contributed by atoms with Crippen molar-refractivity contribution in [2.45, 2.75) is 34.6 Å². The molecule has 0 amide bonds. The molecule has 1 atom stereocenters. The van der Waals surface area contributed by atoms with Gasteiger partial charge in [-0.05, 0) is 43.0 Å². The fourth-order valence-electron chi connectivity index (χ4n) is 2.06. The number of nitrogens with zero attached hydrogens (tertiary/aromatic N) is 1. The number of benzene rings is 1. The Balaban J connectivity index is 2.95. The lowest BCUT2D eigenvalue weighted by atomic mass is 10.1. The van der Waals surface area contributed by atoms with E-state index in [0.717, 1.165) is 12.2 Å². The average molecular weight is 263 g/mol. The van der Waals surface area contributed by atoms with Gasteiger partial charge in [0, 0.05) is 18.8 Å². The van der Waals surface area contributed by atoms with E-state index in [1.54, 1.807) is 6.92 Å². The number of aliphatic carboxylic acids is 1. The van der Waals surface area contributed by atoms with Gasteiger partial charge < -0.3 is 10.0 Å². The molecule has 0 aliphatic heterocycles. The molecular weight excluding hydrogens is 238 g/mol. The number of carboxylic acid groups (broad SMARTS) is 1. The van der Waals surface area contributed by atoms with Gasteiger partial charge in [0.25, 0.3) is 0 Å². The predicted molar refractivity (Wildman–Crippen MR) is 79.8 cm³/mol. The molecule has 1 rings (SSSR count). The van der Waals surface area contributed by atoms with Gasteiger partial charge in [0.1, 0.15) is 0 Å². The molecule has 0 spiro atoms. The highest BCUT2D eigenvalue weighted by Gasteiger charge is 2.17. The van der Waals surface area contributed by atoms with Crippen LogP contribution in [0.3, 0.4) is 0 Å². The van der Waals surface area contributed by atoms with Crippen LogP contribution in [0.25, 0.3) is 0 Å². The van der Waals surface area contributed by atoms with E-state index in [0.29, 0.717) is 12.5 Å². The molecule has 1 N–H and O–H groups in total. The number of carboxylic acids is 1. The monoisotopic (exact) mass is 263 g/mol. The highest BCUT2D eigenvalue weighted by molar-refractivity contribution is 5.70. The van der Waals surface area contributed by atoms with Gasteiger partial charge in [-0.2, -0.15) is 0 Å². The first-order valence-electron chi connectivity index (χ1n) is 6.86. The lowest BCUT2D eigenvalue weighted by molar-refractivity contribution is -0.140. The molecule has 19 heavy (non-hydrogen) atoms. The van der Waals surface area contributed by atoms with Crippen LogP contribution >= 0.6 is 0 Å². The number of hydrogen-bond acceptors (Lipinski definition) is 2. The molecule has 0 aliphatic rings. The van der Waals surface area contributed by atoms with Crippen LogP contribution in [0.2, 0.25) is 0 Å². The van der Waals surface area contributed by atoms with Crippen LogP contribution in [0, 0.1) is 25.7 Å². The molecule has 1 unspecified atom stereocenters. The third-order valence-corrected chi connectivity index (χ3v) is 3.36. The molecule has 0 aromatic heterocycles. The Kier molecular flexibility index (Phi) is 5.40. The Morgan fingerprint density at radius 1 is 1.16 bits per heavy atom. The van der Waals surface area contributed by atoms with Crippen molar-refractivity contribution in [2.24, 2.45) is 11.8 Å². The predicted octanol–water partition coefficient (Wildman–Crippen LogP) is 3.49. The normalized spacial score (nSPS) is 12.5. The van der Waals surface area contributed by atoms with Gasteiger partial charge in [-0.25, -0.2) is 0 Å². The van der Waals surface area contributed by atoms with Crippen LogP contribution in [-0.4, -0.2) is 24.2 Å². The van der Waals surface area contributed by atoms with Crippen molar-refractivity contribution in [1.29, 1.82) is 0 Å². The standard InChI is InChI=1S/C16H25NO2/c1-11(2)9-17(10-14(5)16(18)19)15-7-6-12(3)13(4)8-15/h6-8,11,14H,9-10H2,1-5H3,(H,18,19). The van der Waals surface area contributed by atoms with Crippen molar-refractivity contribution in [3.8, 4) is 0 Å². The van der Waals surface area contributed by atoms with Gasteiger partial charge in [0.05, 0.1) is 5.92 Å². The van der Waals surface area contributed by atoms with Crippen molar-refractivity contribution in [2.75, 3.05) is 18.0 Å². The molecule has 1 aromatic carbocycles. The van der Waals surface area contributed by atoms with E-state index in [4.69, 9.17) is 5.11 Å². The zero-order valence-electron chi connectivity index (χ0n) is 12.6. The minimum atomic E-state index is -0.738. The van der Waals surface area contributed by atoms with Gasteiger partial charge in [-0.1, -0.05) is 26.8 Å². The zero-order chi connectivity index (χ0) is 14.6. The van der Waals surface area contributed by atoms with Crippen LogP contribution in [0.5, 0.6) is 0 Å². The number of rotatable bonds is 6. The summed E-state index contributed by atoms with van der Waals surface area (Å²) < 4.78 is 0. The average Bonchev–Trinajstić information content (AvgIpc) is 2.31. The Hall–Kier alpha value is -1.51. The van der Waals surface area contributed by atoms with E-state index < -0.39 is 5.97 Å². The molecule has 0 saturated heterocycles. The smallest absolute Gasteiger partial charge is 0.308 e. The largest absolute Gasteiger partial charge is 0.481 e. The lowest BCUT2D eigenvalue weighted by Crippen LogP contribution is -2.34. The highest BCUT2D eigenvalue weighted by Crippen LogP contribution is 2.21. The summed E-state index contributed by atoms with van der Waals surface area (Å²) in [5, 5.41) is 9.08. The number of hydrogen-bond donors (Lipinski definition) is 1. The molecule has 0 radical (unpaired) electrons. The molecule has 3 nitrogen and oxygen atoms in total. The van der Waals surface area contributed by atoms with E-state index in [9.17, 15) is 4.79 Å². The Labute approximate surface area is 116 Å². The van der Waals surface area contributed by atoms with E-state index in [1.165, 1.54) is 11.1 Å². The third kappa shape index (κ3) is 4.58. The van der Waals surface area contributed by atoms with Gasteiger partial charge in [0.15, 0.2) is 0 Å². The lowest BCUT2D eigenvalue weighted by Gasteiger charge is -2.29. The van der Waals surface area contributed by atoms with Crippen molar-refractivity contribution in [1.82, 2.24) is 0 Å². The quantitative estimate of drug-likeness (QED) is 0.854. The first-order valence-corrected chi connectivity index (χ1v) is 6.86. The van der Waals surface area contributed by atoms with Gasteiger partial charge in [-0.3, -0.25) is 4.79 Å². The molecule has 3 heteroatoms. The Morgan fingerprint density at radius 3 is 2.26 bits per heavy atom. The topological polar surface area (TPSA) is 40.5 Å². The van der Waals surface area contributed by atoms with Crippen molar-refractivity contribution in [3.05, 3.63) is 29.3 Å². The van der Waals surface area contributed by atoms with Gasteiger partial charge >= 0.3 is 5.97 Å². The maximum absolute atomic E-state index is 11.0. The van der Waals surface area contributed by atoms with Crippen LogP contribution in [-0.2, 0) is 4.79 Å². The second kappa shape index (κ2) is 6.60. The third-order valence-electron chi connectivity index (χ3n) is 3.36. The maximum atomic E-state index is 11.0. The minimum Gasteiger partial charge on any atom is -0.481 e. The summed E-state index contributed by atoms with van der Waals surface area (Å²) in [5.74, 6) is -0.597. The Morgan fingerprint density at radius 2 is 1.79 bits per heavy atom. The number of aryl methyl sites for hydroxylation is 2. The summed E-state index contributed by atoms with van der Waals surface area (Å²) in [6.45, 7) is 11.7. The van der Waals surface area contributed by atoms with E-state index in [-0.39, 0.29) is 5.92 Å². The van der Waals surface area contributed by atoms with Crippen LogP contribution in [0.1, 0.15) is 31.9 Å². The summed E-state index contributed by atoms with van der Waals surface area (Å²) in [4.78, 5) is 13.2. The van der Waals surface area contributed by atoms with Crippen LogP contribution in [0.15, 0.2) is 18.2 Å². The van der Waals surface area contributed by atoms with E-state index >= 15 is 0 Å². The first kappa shape index (κ1) is 15.5. The van der Waals surface area contributed by atoms with E-state index in [2.05, 4.69) is 50.8 Å². The van der Waals surface area contributed by atoms with Gasteiger partial charge in [-0.15, -0.1) is 0 Å². The molecular formula is C16H25NO2. The van der Waals surface area contributed by atoms with Gasteiger partial charge in [0.2, 0.25) is 0 Å². The molecule has 0 aliphatic carbocycles. The second-order valence-corrected chi connectivity index (χ2v) is 5.81. The second-order valence-electron chi connectivity index (χ2n) is 5.81. The molecule has 0 heterocycles. The van der Waals surface area contributed by atoms with Crippen molar-refractivity contribution in [3.63, 3.8) is 0 Å². The molecule has 1 aromatic rings. The highest BCUT2D eigenvalue weighted by atomic mass is 16.4. The molecule has 106 valence electrons. The molecule has 0 saturated carbocycles. The first-order chi connectivity index (χ1) is 8.81. The SMILES string of the molecule is Cc1ccc(N(CC(C)C)CC(C)C(=O)O)cc1C. The van der Waals surface area contributed by atoms with Crippen molar-refractivity contribution < 1.29 is 9.90 Å². The fourth-order valence-corrected chi connectivity index (χ4v) is 2.06.